The molecule has 64 valence electrons. The van der Waals surface area contributed by atoms with Gasteiger partial charge in [-0.15, -0.1) is 0 Å². The monoisotopic (exact) mass is 207 g/mol. The molecule has 0 atom stereocenters. The first kappa shape index (κ1) is 9.29. The molecule has 0 amide bonds. The van der Waals surface area contributed by atoms with E-state index in [0.717, 1.165) is 12.1 Å². The van der Waals surface area contributed by atoms with E-state index in [1.54, 1.807) is 0 Å². The summed E-state index contributed by atoms with van der Waals surface area (Å²) in [7, 11) is 0. The first-order valence-electron chi connectivity index (χ1n) is 2.97. The van der Waals surface area contributed by atoms with Gasteiger partial charge < -0.3 is 5.21 Å². The molecule has 12 heavy (non-hydrogen) atoms. The van der Waals surface area contributed by atoms with Crippen molar-refractivity contribution in [2.45, 2.75) is 0 Å². The molecule has 1 aromatic carbocycles. The first-order chi connectivity index (χ1) is 5.63. The van der Waals surface area contributed by atoms with Crippen molar-refractivity contribution in [2.75, 3.05) is 0 Å². The molecule has 0 saturated carbocycles. The first-order valence-corrected chi connectivity index (χ1v) is 3.73. The van der Waals surface area contributed by atoms with Gasteiger partial charge in [0, 0.05) is 10.6 Å². The normalized spacial score (nSPS) is 11.8. The lowest BCUT2D eigenvalue weighted by Crippen LogP contribution is -1.91. The van der Waals surface area contributed by atoms with Crippen LogP contribution in [-0.4, -0.2) is 10.4 Å². The van der Waals surface area contributed by atoms with Gasteiger partial charge in [0.1, 0.15) is 5.82 Å². The predicted molar refractivity (Wildman–Crippen MR) is 45.6 cm³/mol. The van der Waals surface area contributed by atoms with Gasteiger partial charge >= 0.3 is 0 Å². The van der Waals surface area contributed by atoms with Crippen molar-refractivity contribution in [1.82, 2.24) is 0 Å². The van der Waals surface area contributed by atoms with Crippen molar-refractivity contribution in [3.63, 3.8) is 0 Å². The van der Waals surface area contributed by atoms with E-state index in [0.29, 0.717) is 0 Å². The quantitative estimate of drug-likeness (QED) is 0.429. The molecule has 5 heteroatoms. The zero-order valence-electron chi connectivity index (χ0n) is 5.76. The van der Waals surface area contributed by atoms with Crippen LogP contribution in [0.3, 0.4) is 0 Å². The summed E-state index contributed by atoms with van der Waals surface area (Å²) in [5.41, 5.74) is 0.240. The summed E-state index contributed by atoms with van der Waals surface area (Å²) in [6.07, 6.45) is 0. The van der Waals surface area contributed by atoms with Gasteiger partial charge in [-0.1, -0.05) is 28.4 Å². The summed E-state index contributed by atoms with van der Waals surface area (Å²) in [5.74, 6) is -0.528. The van der Waals surface area contributed by atoms with Gasteiger partial charge in [-0.05, 0) is 18.2 Å². The molecule has 0 bridgehead atoms. The molecule has 0 aliphatic carbocycles. The lowest BCUT2D eigenvalue weighted by atomic mass is 10.2. The van der Waals surface area contributed by atoms with Crippen molar-refractivity contribution in [3.05, 3.63) is 34.6 Å². The lowest BCUT2D eigenvalue weighted by Gasteiger charge is -1.97. The SMILES string of the molecule is O/N=C(/Cl)c1cc(F)cc(Cl)c1. The van der Waals surface area contributed by atoms with E-state index in [4.69, 9.17) is 28.4 Å². The Labute approximate surface area is 78.2 Å². The van der Waals surface area contributed by atoms with E-state index < -0.39 is 5.82 Å². The summed E-state index contributed by atoms with van der Waals surface area (Å²) in [6.45, 7) is 0. The summed E-state index contributed by atoms with van der Waals surface area (Å²) >= 11 is 10.9. The minimum Gasteiger partial charge on any atom is -0.410 e. The number of halogens is 3. The number of oxime groups is 1. The Morgan fingerprint density at radius 1 is 1.42 bits per heavy atom. The third-order valence-corrected chi connectivity index (χ3v) is 1.70. The van der Waals surface area contributed by atoms with E-state index in [-0.39, 0.29) is 15.8 Å². The largest absolute Gasteiger partial charge is 0.410 e. The molecule has 0 radical (unpaired) electrons. The molecule has 1 aromatic rings. The van der Waals surface area contributed by atoms with Crippen molar-refractivity contribution in [1.29, 1.82) is 0 Å². The molecule has 0 unspecified atom stereocenters. The predicted octanol–water partition coefficient (Wildman–Crippen LogP) is 2.85. The Kier molecular flexibility index (Phi) is 2.89. The second kappa shape index (κ2) is 3.74. The molecule has 0 aliphatic rings. The zero-order valence-corrected chi connectivity index (χ0v) is 7.27. The van der Waals surface area contributed by atoms with Crippen LogP contribution in [0.25, 0.3) is 0 Å². The highest BCUT2D eigenvalue weighted by molar-refractivity contribution is 6.69. The van der Waals surface area contributed by atoms with Crippen LogP contribution in [0.15, 0.2) is 23.4 Å². The molecule has 0 spiro atoms. The Bertz CT molecular complexity index is 307. The summed E-state index contributed by atoms with van der Waals surface area (Å²) in [4.78, 5) is 0. The van der Waals surface area contributed by atoms with Gasteiger partial charge in [-0.25, -0.2) is 4.39 Å². The molecule has 0 saturated heterocycles. The number of benzene rings is 1. The number of nitrogens with zero attached hydrogens (tertiary/aromatic N) is 1. The molecule has 1 rings (SSSR count). The van der Waals surface area contributed by atoms with Crippen LogP contribution >= 0.6 is 23.2 Å². The fraction of sp³-hybridized carbons (Fsp3) is 0. The van der Waals surface area contributed by atoms with Gasteiger partial charge in [0.2, 0.25) is 0 Å². The molecular formula is C7H4Cl2FNO. The van der Waals surface area contributed by atoms with Crippen LogP contribution in [0.4, 0.5) is 4.39 Å². The third kappa shape index (κ3) is 2.09. The maximum absolute atomic E-state index is 12.6. The average molecular weight is 208 g/mol. The van der Waals surface area contributed by atoms with Crippen molar-refractivity contribution < 1.29 is 9.60 Å². The van der Waals surface area contributed by atoms with Crippen LogP contribution in [0, 0.1) is 5.82 Å². The van der Waals surface area contributed by atoms with Crippen LogP contribution in [0.2, 0.25) is 5.02 Å². The van der Waals surface area contributed by atoms with Crippen molar-refractivity contribution in [2.24, 2.45) is 5.16 Å². The molecule has 0 aliphatic heterocycles. The van der Waals surface area contributed by atoms with Crippen LogP contribution in [0.1, 0.15) is 5.56 Å². The standard InChI is InChI=1S/C7H4Cl2FNO/c8-5-1-4(7(9)11-12)2-6(10)3-5/h1-3,12H/b11-7+. The summed E-state index contributed by atoms with van der Waals surface area (Å²) in [6, 6.07) is 3.65. The maximum atomic E-state index is 12.6. The molecule has 0 fully saturated rings. The van der Waals surface area contributed by atoms with Crippen LogP contribution < -0.4 is 0 Å². The minimum absolute atomic E-state index is 0.198. The van der Waals surface area contributed by atoms with Gasteiger partial charge in [0.15, 0.2) is 5.17 Å². The van der Waals surface area contributed by atoms with Gasteiger partial charge in [0.05, 0.1) is 0 Å². The van der Waals surface area contributed by atoms with E-state index in [1.165, 1.54) is 6.07 Å². The lowest BCUT2D eigenvalue weighted by molar-refractivity contribution is 0.321. The van der Waals surface area contributed by atoms with Gasteiger partial charge in [-0.2, -0.15) is 0 Å². The Morgan fingerprint density at radius 3 is 2.58 bits per heavy atom. The average Bonchev–Trinajstić information content (AvgIpc) is 2.01. The fourth-order valence-electron chi connectivity index (χ4n) is 0.731. The van der Waals surface area contributed by atoms with E-state index >= 15 is 0 Å². The van der Waals surface area contributed by atoms with Gasteiger partial charge in [0.25, 0.3) is 0 Å². The molecule has 2 nitrogen and oxygen atoms in total. The second-order valence-electron chi connectivity index (χ2n) is 2.05. The van der Waals surface area contributed by atoms with E-state index in [2.05, 4.69) is 5.16 Å². The van der Waals surface area contributed by atoms with Crippen molar-refractivity contribution in [3.8, 4) is 0 Å². The highest BCUT2D eigenvalue weighted by Crippen LogP contribution is 2.15. The highest BCUT2D eigenvalue weighted by Gasteiger charge is 2.03. The molecule has 0 heterocycles. The topological polar surface area (TPSA) is 32.6 Å². The fourth-order valence-corrected chi connectivity index (χ4v) is 1.06. The van der Waals surface area contributed by atoms with E-state index in [9.17, 15) is 4.39 Å². The molecule has 0 aromatic heterocycles. The maximum Gasteiger partial charge on any atom is 0.175 e. The van der Waals surface area contributed by atoms with Crippen molar-refractivity contribution >= 4 is 28.4 Å². The van der Waals surface area contributed by atoms with E-state index in [1.807, 2.05) is 0 Å². The van der Waals surface area contributed by atoms with Crippen LogP contribution in [0.5, 0.6) is 0 Å². The van der Waals surface area contributed by atoms with Gasteiger partial charge in [-0.3, -0.25) is 0 Å². The Balaban J connectivity index is 3.17. The van der Waals surface area contributed by atoms with Crippen LogP contribution in [-0.2, 0) is 0 Å². The zero-order chi connectivity index (χ0) is 9.14. The number of rotatable bonds is 1. The highest BCUT2D eigenvalue weighted by atomic mass is 35.5. The summed E-state index contributed by atoms with van der Waals surface area (Å²) in [5, 5.41) is 11.0. The third-order valence-electron chi connectivity index (χ3n) is 1.19. The Hall–Kier alpha value is -0.800. The minimum atomic E-state index is -0.528. The molecule has 1 N–H and O–H groups in total. The summed E-state index contributed by atoms with van der Waals surface area (Å²) < 4.78 is 12.6. The Morgan fingerprint density at radius 2 is 2.08 bits per heavy atom. The molecular weight excluding hydrogens is 204 g/mol. The number of hydrogen-bond donors (Lipinski definition) is 1. The number of hydrogen-bond acceptors (Lipinski definition) is 2. The smallest absolute Gasteiger partial charge is 0.175 e. The second-order valence-corrected chi connectivity index (χ2v) is 2.84.